The topological polar surface area (TPSA) is 81.9 Å². The monoisotopic (exact) mass is 279 g/mol. The van der Waals surface area contributed by atoms with Gasteiger partial charge in [0, 0.05) is 12.2 Å². The van der Waals surface area contributed by atoms with Crippen molar-refractivity contribution in [3.05, 3.63) is 46.7 Å². The first-order valence-electron chi connectivity index (χ1n) is 6.20. The standard InChI is InChI=1S/C13H18ClN5/c1-2-7-19-13(10(14)8-17-19)12(18-16)9-5-3-4-6-11(9)15/h3-6,8,12,18H,2,7,15-16H2,1H3. The Hall–Kier alpha value is -1.56. The van der Waals surface area contributed by atoms with E-state index in [4.69, 9.17) is 23.2 Å². The highest BCUT2D eigenvalue weighted by atomic mass is 35.5. The maximum Gasteiger partial charge on any atom is 0.0913 e. The summed E-state index contributed by atoms with van der Waals surface area (Å²) in [7, 11) is 0. The van der Waals surface area contributed by atoms with Gasteiger partial charge in [0.1, 0.15) is 0 Å². The van der Waals surface area contributed by atoms with Gasteiger partial charge in [-0.15, -0.1) is 0 Å². The lowest BCUT2D eigenvalue weighted by Gasteiger charge is -2.20. The maximum atomic E-state index is 6.24. The van der Waals surface area contributed by atoms with Crippen molar-refractivity contribution in [1.29, 1.82) is 0 Å². The summed E-state index contributed by atoms with van der Waals surface area (Å²) >= 11 is 6.24. The molecule has 0 bridgehead atoms. The predicted octanol–water partition coefficient (Wildman–Crippen LogP) is 2.08. The molecule has 102 valence electrons. The summed E-state index contributed by atoms with van der Waals surface area (Å²) in [5.41, 5.74) is 11.2. The van der Waals surface area contributed by atoms with Crippen molar-refractivity contribution in [2.24, 2.45) is 5.84 Å². The van der Waals surface area contributed by atoms with Gasteiger partial charge in [-0.2, -0.15) is 5.10 Å². The first kappa shape index (κ1) is 13.9. The summed E-state index contributed by atoms with van der Waals surface area (Å²) in [4.78, 5) is 0. The number of anilines is 1. The van der Waals surface area contributed by atoms with Crippen molar-refractivity contribution in [2.75, 3.05) is 5.73 Å². The molecule has 0 aliphatic rings. The molecule has 5 nitrogen and oxygen atoms in total. The molecule has 0 fully saturated rings. The Morgan fingerprint density at radius 2 is 2.16 bits per heavy atom. The number of nitrogens with zero attached hydrogens (tertiary/aromatic N) is 2. The Labute approximate surface area is 117 Å². The highest BCUT2D eigenvalue weighted by Crippen LogP contribution is 2.30. The molecule has 1 aromatic heterocycles. The van der Waals surface area contributed by atoms with Crippen LogP contribution in [0.4, 0.5) is 5.69 Å². The number of nitrogens with two attached hydrogens (primary N) is 2. The van der Waals surface area contributed by atoms with Gasteiger partial charge in [-0.3, -0.25) is 10.5 Å². The number of nitrogens with one attached hydrogen (secondary N) is 1. The Bertz CT molecular complexity index is 552. The molecule has 5 N–H and O–H groups in total. The number of hydrogen-bond acceptors (Lipinski definition) is 4. The van der Waals surface area contributed by atoms with Gasteiger partial charge >= 0.3 is 0 Å². The second-order valence-electron chi connectivity index (χ2n) is 4.33. The minimum atomic E-state index is -0.275. The summed E-state index contributed by atoms with van der Waals surface area (Å²) in [6.07, 6.45) is 2.60. The smallest absolute Gasteiger partial charge is 0.0913 e. The summed E-state index contributed by atoms with van der Waals surface area (Å²) in [6.45, 7) is 2.87. The second-order valence-corrected chi connectivity index (χ2v) is 4.74. The van der Waals surface area contributed by atoms with Gasteiger partial charge in [-0.05, 0) is 18.1 Å². The molecular formula is C13H18ClN5. The van der Waals surface area contributed by atoms with Crippen molar-refractivity contribution in [2.45, 2.75) is 25.9 Å². The lowest BCUT2D eigenvalue weighted by atomic mass is 10.0. The maximum absolute atomic E-state index is 6.24. The molecular weight excluding hydrogens is 262 g/mol. The van der Waals surface area contributed by atoms with Crippen LogP contribution in [0.5, 0.6) is 0 Å². The van der Waals surface area contributed by atoms with E-state index in [1.807, 2.05) is 28.9 Å². The van der Waals surface area contributed by atoms with Crippen molar-refractivity contribution in [3.8, 4) is 0 Å². The van der Waals surface area contributed by atoms with E-state index in [0.717, 1.165) is 24.2 Å². The van der Waals surface area contributed by atoms with E-state index < -0.39 is 0 Å². The van der Waals surface area contributed by atoms with Gasteiger partial charge in [-0.1, -0.05) is 36.7 Å². The molecule has 1 aromatic carbocycles. The number of aryl methyl sites for hydroxylation is 1. The minimum absolute atomic E-state index is 0.275. The fraction of sp³-hybridized carbons (Fsp3) is 0.308. The van der Waals surface area contributed by atoms with Crippen LogP contribution in [0.3, 0.4) is 0 Å². The normalized spacial score (nSPS) is 12.6. The Morgan fingerprint density at radius 1 is 1.42 bits per heavy atom. The number of hydrazine groups is 1. The van der Waals surface area contributed by atoms with Gasteiger partial charge in [-0.25, -0.2) is 5.43 Å². The van der Waals surface area contributed by atoms with Gasteiger partial charge in [0.05, 0.1) is 23.0 Å². The third-order valence-electron chi connectivity index (χ3n) is 3.02. The number of hydrogen-bond donors (Lipinski definition) is 3. The van der Waals surface area contributed by atoms with Crippen molar-refractivity contribution < 1.29 is 0 Å². The van der Waals surface area contributed by atoms with E-state index in [0.29, 0.717) is 10.7 Å². The van der Waals surface area contributed by atoms with E-state index in [-0.39, 0.29) is 6.04 Å². The Morgan fingerprint density at radius 3 is 2.79 bits per heavy atom. The predicted molar refractivity (Wildman–Crippen MR) is 77.5 cm³/mol. The molecule has 2 aromatic rings. The molecule has 0 amide bonds. The zero-order chi connectivity index (χ0) is 13.8. The first-order valence-corrected chi connectivity index (χ1v) is 6.58. The van der Waals surface area contributed by atoms with Crippen molar-refractivity contribution >= 4 is 17.3 Å². The lowest BCUT2D eigenvalue weighted by Crippen LogP contribution is -2.31. The third-order valence-corrected chi connectivity index (χ3v) is 3.31. The molecule has 1 atom stereocenters. The fourth-order valence-corrected chi connectivity index (χ4v) is 2.39. The Balaban J connectivity index is 2.48. The van der Waals surface area contributed by atoms with Gasteiger partial charge < -0.3 is 5.73 Å². The van der Waals surface area contributed by atoms with Crippen LogP contribution < -0.4 is 17.0 Å². The SMILES string of the molecule is CCCn1ncc(Cl)c1C(NN)c1ccccc1N. The van der Waals surface area contributed by atoms with E-state index in [1.165, 1.54) is 0 Å². The Kier molecular flexibility index (Phi) is 4.42. The van der Waals surface area contributed by atoms with Crippen LogP contribution in [0.2, 0.25) is 5.02 Å². The molecule has 19 heavy (non-hydrogen) atoms. The van der Waals surface area contributed by atoms with E-state index in [1.54, 1.807) is 6.20 Å². The van der Waals surface area contributed by atoms with Crippen LogP contribution in [0.25, 0.3) is 0 Å². The van der Waals surface area contributed by atoms with Crippen LogP contribution in [0.1, 0.15) is 30.6 Å². The molecule has 0 aliphatic heterocycles. The number of rotatable bonds is 5. The first-order chi connectivity index (χ1) is 9.19. The third kappa shape index (κ3) is 2.73. The van der Waals surface area contributed by atoms with Crippen molar-refractivity contribution in [1.82, 2.24) is 15.2 Å². The average molecular weight is 280 g/mol. The zero-order valence-electron chi connectivity index (χ0n) is 10.8. The molecule has 1 unspecified atom stereocenters. The number of aromatic nitrogens is 2. The molecule has 2 rings (SSSR count). The highest BCUT2D eigenvalue weighted by molar-refractivity contribution is 6.31. The molecule has 0 saturated carbocycles. The molecule has 6 heteroatoms. The molecule has 1 heterocycles. The van der Waals surface area contributed by atoms with E-state index in [9.17, 15) is 0 Å². The van der Waals surface area contributed by atoms with Crippen LogP contribution >= 0.6 is 11.6 Å². The van der Waals surface area contributed by atoms with Crippen LogP contribution in [-0.2, 0) is 6.54 Å². The molecule has 0 aliphatic carbocycles. The van der Waals surface area contributed by atoms with E-state index in [2.05, 4.69) is 17.4 Å². The zero-order valence-corrected chi connectivity index (χ0v) is 11.6. The minimum Gasteiger partial charge on any atom is -0.398 e. The fourth-order valence-electron chi connectivity index (χ4n) is 2.14. The number of benzene rings is 1. The number of para-hydroxylation sites is 1. The molecule has 0 saturated heterocycles. The molecule has 0 spiro atoms. The summed E-state index contributed by atoms with van der Waals surface area (Å²) in [5, 5.41) is 4.86. The average Bonchev–Trinajstić information content (AvgIpc) is 2.75. The van der Waals surface area contributed by atoms with Gasteiger partial charge in [0.2, 0.25) is 0 Å². The summed E-state index contributed by atoms with van der Waals surface area (Å²) in [6, 6.07) is 7.30. The van der Waals surface area contributed by atoms with Gasteiger partial charge in [0.25, 0.3) is 0 Å². The van der Waals surface area contributed by atoms with Crippen molar-refractivity contribution in [3.63, 3.8) is 0 Å². The highest BCUT2D eigenvalue weighted by Gasteiger charge is 2.22. The van der Waals surface area contributed by atoms with E-state index >= 15 is 0 Å². The van der Waals surface area contributed by atoms with Crippen LogP contribution in [0.15, 0.2) is 30.5 Å². The van der Waals surface area contributed by atoms with Crippen LogP contribution in [-0.4, -0.2) is 9.78 Å². The quantitative estimate of drug-likeness (QED) is 0.445. The second kappa shape index (κ2) is 6.06. The lowest BCUT2D eigenvalue weighted by molar-refractivity contribution is 0.522. The number of halogens is 1. The molecule has 0 radical (unpaired) electrons. The summed E-state index contributed by atoms with van der Waals surface area (Å²) in [5.74, 6) is 5.69. The van der Waals surface area contributed by atoms with Crippen LogP contribution in [0, 0.1) is 0 Å². The number of nitrogen functional groups attached to an aromatic ring is 1. The largest absolute Gasteiger partial charge is 0.398 e. The summed E-state index contributed by atoms with van der Waals surface area (Å²) < 4.78 is 1.86. The van der Waals surface area contributed by atoms with Gasteiger partial charge in [0.15, 0.2) is 0 Å².